The van der Waals surface area contributed by atoms with Crippen molar-refractivity contribution in [3.8, 4) is 0 Å². The van der Waals surface area contributed by atoms with Crippen LogP contribution in [-0.4, -0.2) is 51.9 Å². The maximum absolute atomic E-state index is 11.7. The van der Waals surface area contributed by atoms with Gasteiger partial charge in [0.15, 0.2) is 5.96 Å². The molecule has 1 amide bonds. The van der Waals surface area contributed by atoms with Gasteiger partial charge < -0.3 is 25.4 Å². The van der Waals surface area contributed by atoms with Crippen LogP contribution in [0.15, 0.2) is 29.3 Å². The van der Waals surface area contributed by atoms with Gasteiger partial charge in [0.05, 0.1) is 19.8 Å². The number of hydrogen-bond donors (Lipinski definition) is 3. The van der Waals surface area contributed by atoms with Crippen molar-refractivity contribution >= 4 is 17.6 Å². The van der Waals surface area contributed by atoms with E-state index >= 15 is 0 Å². The Morgan fingerprint density at radius 3 is 2.32 bits per heavy atom. The predicted octanol–water partition coefficient (Wildman–Crippen LogP) is 2.78. The van der Waals surface area contributed by atoms with Crippen molar-refractivity contribution in [3.63, 3.8) is 0 Å². The van der Waals surface area contributed by atoms with Crippen LogP contribution in [0.4, 0.5) is 5.69 Å². The van der Waals surface area contributed by atoms with E-state index in [2.05, 4.69) is 27.9 Å². The normalized spacial score (nSPS) is 11.5. The molecular formula is C21H36N4O3. The summed E-state index contributed by atoms with van der Waals surface area (Å²) in [5, 5.41) is 9.36. The first kappa shape index (κ1) is 23.9. The molecule has 0 heterocycles. The molecule has 158 valence electrons. The van der Waals surface area contributed by atoms with Gasteiger partial charge in [0.2, 0.25) is 5.91 Å². The molecule has 7 nitrogen and oxygen atoms in total. The molecule has 1 aromatic rings. The van der Waals surface area contributed by atoms with Gasteiger partial charge in [0.1, 0.15) is 0 Å². The number of anilines is 1. The van der Waals surface area contributed by atoms with Crippen LogP contribution in [0, 0.1) is 5.92 Å². The van der Waals surface area contributed by atoms with Crippen LogP contribution in [-0.2, 0) is 20.8 Å². The number of nitrogens with zero attached hydrogens (tertiary/aromatic N) is 1. The zero-order valence-corrected chi connectivity index (χ0v) is 17.7. The van der Waals surface area contributed by atoms with Crippen molar-refractivity contribution in [2.45, 2.75) is 40.2 Å². The topological polar surface area (TPSA) is 84.0 Å². The fraction of sp³-hybridized carbons (Fsp3) is 0.619. The summed E-state index contributed by atoms with van der Waals surface area (Å²) in [6.45, 7) is 9.87. The average molecular weight is 393 g/mol. The summed E-state index contributed by atoms with van der Waals surface area (Å²) in [5.74, 6) is 0.707. The quantitative estimate of drug-likeness (QED) is 0.273. The van der Waals surface area contributed by atoms with E-state index in [0.29, 0.717) is 32.9 Å². The first-order valence-corrected chi connectivity index (χ1v) is 10.1. The number of amides is 1. The Bertz CT molecular complexity index is 574. The highest BCUT2D eigenvalue weighted by molar-refractivity contribution is 5.92. The van der Waals surface area contributed by atoms with Crippen LogP contribution in [0.2, 0.25) is 0 Å². The molecule has 0 bridgehead atoms. The van der Waals surface area contributed by atoms with E-state index in [0.717, 1.165) is 36.7 Å². The Morgan fingerprint density at radius 1 is 1.04 bits per heavy atom. The van der Waals surface area contributed by atoms with E-state index in [-0.39, 0.29) is 11.8 Å². The van der Waals surface area contributed by atoms with Gasteiger partial charge in [-0.05, 0) is 24.1 Å². The number of aliphatic imine (C=N–C) groups is 1. The van der Waals surface area contributed by atoms with Crippen LogP contribution in [0.25, 0.3) is 0 Å². The minimum atomic E-state index is -0.0340. The summed E-state index contributed by atoms with van der Waals surface area (Å²) in [7, 11) is 1.74. The molecule has 0 aliphatic heterocycles. The molecule has 0 unspecified atom stereocenters. The minimum absolute atomic E-state index is 0.0187. The second kappa shape index (κ2) is 14.9. The SMILES string of the molecule is CCCCOCCOCCNC(=NC)NCc1ccc(NC(=O)C(C)C)cc1. The van der Waals surface area contributed by atoms with Crippen molar-refractivity contribution < 1.29 is 14.3 Å². The number of unbranched alkanes of at least 4 members (excludes halogenated alkanes) is 1. The monoisotopic (exact) mass is 392 g/mol. The molecule has 0 atom stereocenters. The van der Waals surface area contributed by atoms with Crippen molar-refractivity contribution in [3.05, 3.63) is 29.8 Å². The Kier molecular flexibility index (Phi) is 12.7. The smallest absolute Gasteiger partial charge is 0.226 e. The van der Waals surface area contributed by atoms with Gasteiger partial charge in [-0.3, -0.25) is 9.79 Å². The highest BCUT2D eigenvalue weighted by Crippen LogP contribution is 2.10. The molecule has 0 saturated heterocycles. The fourth-order valence-electron chi connectivity index (χ4n) is 2.21. The number of benzene rings is 1. The second-order valence-electron chi connectivity index (χ2n) is 6.77. The van der Waals surface area contributed by atoms with Gasteiger partial charge >= 0.3 is 0 Å². The number of hydrogen-bond acceptors (Lipinski definition) is 4. The first-order chi connectivity index (χ1) is 13.6. The standard InChI is InChI=1S/C21H36N4O3/c1-5-6-12-27-14-15-28-13-11-23-21(22-4)24-16-18-7-9-19(10-8-18)25-20(26)17(2)3/h7-10,17H,5-6,11-16H2,1-4H3,(H,25,26)(H2,22,23,24). The third-order valence-corrected chi connectivity index (χ3v) is 3.98. The maximum atomic E-state index is 11.7. The van der Waals surface area contributed by atoms with E-state index in [1.165, 1.54) is 0 Å². The van der Waals surface area contributed by atoms with Gasteiger partial charge in [0, 0.05) is 38.3 Å². The van der Waals surface area contributed by atoms with Crippen molar-refractivity contribution in [1.82, 2.24) is 10.6 Å². The number of ether oxygens (including phenoxy) is 2. The molecule has 0 saturated carbocycles. The van der Waals surface area contributed by atoms with Crippen molar-refractivity contribution in [1.29, 1.82) is 0 Å². The largest absolute Gasteiger partial charge is 0.379 e. The average Bonchev–Trinajstić information content (AvgIpc) is 2.70. The molecule has 1 rings (SSSR count). The lowest BCUT2D eigenvalue weighted by Gasteiger charge is -2.13. The van der Waals surface area contributed by atoms with E-state index in [1.54, 1.807) is 7.05 Å². The molecule has 1 aromatic carbocycles. The van der Waals surface area contributed by atoms with E-state index < -0.39 is 0 Å². The summed E-state index contributed by atoms with van der Waals surface area (Å²) >= 11 is 0. The summed E-state index contributed by atoms with van der Waals surface area (Å²) < 4.78 is 11.0. The highest BCUT2D eigenvalue weighted by Gasteiger charge is 2.06. The number of carbonyl (C=O) groups is 1. The van der Waals surface area contributed by atoms with Gasteiger partial charge in [-0.25, -0.2) is 0 Å². The maximum Gasteiger partial charge on any atom is 0.226 e. The summed E-state index contributed by atoms with van der Waals surface area (Å²) in [4.78, 5) is 15.9. The van der Waals surface area contributed by atoms with Crippen molar-refractivity contribution in [2.75, 3.05) is 45.3 Å². The Balaban J connectivity index is 2.19. The molecule has 0 fully saturated rings. The molecule has 3 N–H and O–H groups in total. The molecule has 7 heteroatoms. The van der Waals surface area contributed by atoms with Crippen LogP contribution >= 0.6 is 0 Å². The lowest BCUT2D eigenvalue weighted by atomic mass is 10.1. The molecule has 28 heavy (non-hydrogen) atoms. The molecule has 0 aliphatic carbocycles. The van der Waals surface area contributed by atoms with Gasteiger partial charge in [0.25, 0.3) is 0 Å². The van der Waals surface area contributed by atoms with Crippen molar-refractivity contribution in [2.24, 2.45) is 10.9 Å². The number of rotatable bonds is 13. The zero-order valence-electron chi connectivity index (χ0n) is 17.7. The van der Waals surface area contributed by atoms with Crippen LogP contribution in [0.5, 0.6) is 0 Å². The predicted molar refractivity (Wildman–Crippen MR) is 115 cm³/mol. The molecule has 0 radical (unpaired) electrons. The van der Waals surface area contributed by atoms with Gasteiger partial charge in [-0.15, -0.1) is 0 Å². The summed E-state index contributed by atoms with van der Waals surface area (Å²) in [6.07, 6.45) is 2.24. The lowest BCUT2D eigenvalue weighted by molar-refractivity contribution is -0.118. The molecule has 0 aromatic heterocycles. The Morgan fingerprint density at radius 2 is 1.71 bits per heavy atom. The molecular weight excluding hydrogens is 356 g/mol. The second-order valence-corrected chi connectivity index (χ2v) is 6.77. The van der Waals surface area contributed by atoms with E-state index in [1.807, 2.05) is 38.1 Å². The highest BCUT2D eigenvalue weighted by atomic mass is 16.5. The fourth-order valence-corrected chi connectivity index (χ4v) is 2.21. The van der Waals surface area contributed by atoms with Gasteiger partial charge in [-0.1, -0.05) is 39.3 Å². The van der Waals surface area contributed by atoms with E-state index in [4.69, 9.17) is 9.47 Å². The minimum Gasteiger partial charge on any atom is -0.379 e. The van der Waals surface area contributed by atoms with Crippen LogP contribution < -0.4 is 16.0 Å². The number of nitrogens with one attached hydrogen (secondary N) is 3. The first-order valence-electron chi connectivity index (χ1n) is 10.1. The van der Waals surface area contributed by atoms with Crippen LogP contribution in [0.1, 0.15) is 39.2 Å². The number of guanidine groups is 1. The van der Waals surface area contributed by atoms with E-state index in [9.17, 15) is 4.79 Å². The molecule has 0 spiro atoms. The third kappa shape index (κ3) is 10.9. The Labute approximate surface area is 169 Å². The van der Waals surface area contributed by atoms with Gasteiger partial charge in [-0.2, -0.15) is 0 Å². The zero-order chi connectivity index (χ0) is 20.6. The molecule has 0 aliphatic rings. The van der Waals surface area contributed by atoms with Crippen LogP contribution in [0.3, 0.4) is 0 Å². The summed E-state index contributed by atoms with van der Waals surface area (Å²) in [6, 6.07) is 7.78. The lowest BCUT2D eigenvalue weighted by Crippen LogP contribution is -2.38. The third-order valence-electron chi connectivity index (χ3n) is 3.98. The summed E-state index contributed by atoms with van der Waals surface area (Å²) in [5.41, 5.74) is 1.91. The Hall–Kier alpha value is -2.12. The number of carbonyl (C=O) groups excluding carboxylic acids is 1.